The number of carbonyl (C=O) groups excluding carboxylic acids is 1. The van der Waals surface area contributed by atoms with Crippen LogP contribution in [0.25, 0.3) is 11.4 Å². The van der Waals surface area contributed by atoms with Crippen LogP contribution in [-0.4, -0.2) is 22.5 Å². The van der Waals surface area contributed by atoms with Crippen LogP contribution in [0.5, 0.6) is 0 Å². The number of hydrogen-bond donors (Lipinski definition) is 2. The zero-order valence-electron chi connectivity index (χ0n) is 15.0. The smallest absolute Gasteiger partial charge is 0.319 e. The summed E-state index contributed by atoms with van der Waals surface area (Å²) in [4.78, 5) is 20.8. The first-order valence-corrected chi connectivity index (χ1v) is 8.59. The fraction of sp³-hybridized carbons (Fsp3) is 0.190. The first-order chi connectivity index (χ1) is 12.6. The number of carbonyl (C=O) groups is 1. The van der Waals surface area contributed by atoms with Crippen LogP contribution in [0.2, 0.25) is 0 Å². The molecule has 2 amide bonds. The maximum absolute atomic E-state index is 12.0. The highest BCUT2D eigenvalue weighted by molar-refractivity contribution is 5.89. The van der Waals surface area contributed by atoms with Crippen molar-refractivity contribution in [3.63, 3.8) is 0 Å². The largest absolute Gasteiger partial charge is 0.338 e. The summed E-state index contributed by atoms with van der Waals surface area (Å²) < 4.78 is 0. The number of benzene rings is 2. The number of anilines is 1. The number of nitrogens with one attached hydrogen (secondary N) is 2. The Morgan fingerprint density at radius 1 is 0.962 bits per heavy atom. The quantitative estimate of drug-likeness (QED) is 0.730. The van der Waals surface area contributed by atoms with E-state index >= 15 is 0 Å². The molecule has 0 aliphatic rings. The maximum atomic E-state index is 12.0. The van der Waals surface area contributed by atoms with Crippen LogP contribution < -0.4 is 10.6 Å². The van der Waals surface area contributed by atoms with Gasteiger partial charge in [-0.25, -0.2) is 14.8 Å². The molecule has 3 aromatic rings. The average Bonchev–Trinajstić information content (AvgIpc) is 2.62. The van der Waals surface area contributed by atoms with Gasteiger partial charge in [0, 0.05) is 30.2 Å². The molecule has 0 radical (unpaired) electrons. The molecule has 0 fully saturated rings. The van der Waals surface area contributed by atoms with Crippen molar-refractivity contribution in [2.75, 3.05) is 11.9 Å². The van der Waals surface area contributed by atoms with E-state index in [4.69, 9.17) is 0 Å². The molecule has 0 bridgehead atoms. The van der Waals surface area contributed by atoms with E-state index in [-0.39, 0.29) is 6.03 Å². The molecule has 132 valence electrons. The van der Waals surface area contributed by atoms with Gasteiger partial charge >= 0.3 is 6.03 Å². The average molecular weight is 346 g/mol. The van der Waals surface area contributed by atoms with Gasteiger partial charge in [0.1, 0.15) is 0 Å². The van der Waals surface area contributed by atoms with Gasteiger partial charge in [0.05, 0.1) is 0 Å². The van der Waals surface area contributed by atoms with Gasteiger partial charge in [-0.3, -0.25) is 0 Å². The second-order valence-electron chi connectivity index (χ2n) is 6.29. The van der Waals surface area contributed by atoms with Gasteiger partial charge in [-0.05, 0) is 49.1 Å². The second kappa shape index (κ2) is 8.25. The predicted molar refractivity (Wildman–Crippen MR) is 104 cm³/mol. The lowest BCUT2D eigenvalue weighted by molar-refractivity contribution is 0.252. The second-order valence-corrected chi connectivity index (χ2v) is 6.29. The SMILES string of the molecule is Cc1cc(C)cc(NC(=O)NCCc2cnc(-c3ccccc3)nc2)c1. The van der Waals surface area contributed by atoms with Crippen LogP contribution in [0.3, 0.4) is 0 Å². The standard InChI is InChI=1S/C21H22N4O/c1-15-10-16(2)12-19(11-15)25-21(26)22-9-8-17-13-23-20(24-14-17)18-6-4-3-5-7-18/h3-7,10-14H,8-9H2,1-2H3,(H2,22,25,26). The Morgan fingerprint density at radius 2 is 1.62 bits per heavy atom. The molecule has 26 heavy (non-hydrogen) atoms. The van der Waals surface area contributed by atoms with Crippen LogP contribution >= 0.6 is 0 Å². The third-order valence-electron chi connectivity index (χ3n) is 3.92. The van der Waals surface area contributed by atoms with Gasteiger partial charge in [-0.15, -0.1) is 0 Å². The van der Waals surface area contributed by atoms with E-state index in [1.54, 1.807) is 12.4 Å². The molecule has 2 aromatic carbocycles. The minimum Gasteiger partial charge on any atom is -0.338 e. The van der Waals surface area contributed by atoms with Crippen molar-refractivity contribution in [2.24, 2.45) is 0 Å². The Morgan fingerprint density at radius 3 is 2.27 bits per heavy atom. The van der Waals surface area contributed by atoms with Gasteiger partial charge in [0.15, 0.2) is 5.82 Å². The molecular weight excluding hydrogens is 324 g/mol. The highest BCUT2D eigenvalue weighted by Gasteiger charge is 2.04. The lowest BCUT2D eigenvalue weighted by Crippen LogP contribution is -2.30. The van der Waals surface area contributed by atoms with Crippen molar-refractivity contribution in [1.82, 2.24) is 15.3 Å². The molecule has 3 rings (SSSR count). The molecule has 1 aromatic heterocycles. The van der Waals surface area contributed by atoms with Crippen molar-refractivity contribution < 1.29 is 4.79 Å². The lowest BCUT2D eigenvalue weighted by atomic mass is 10.1. The number of rotatable bonds is 5. The highest BCUT2D eigenvalue weighted by atomic mass is 16.2. The van der Waals surface area contributed by atoms with Crippen LogP contribution in [0.15, 0.2) is 60.9 Å². The van der Waals surface area contributed by atoms with Gasteiger partial charge in [0.25, 0.3) is 0 Å². The third-order valence-corrected chi connectivity index (χ3v) is 3.92. The van der Waals surface area contributed by atoms with Crippen molar-refractivity contribution in [3.8, 4) is 11.4 Å². The van der Waals surface area contributed by atoms with Crippen LogP contribution in [-0.2, 0) is 6.42 Å². The van der Waals surface area contributed by atoms with Gasteiger partial charge < -0.3 is 10.6 Å². The normalized spacial score (nSPS) is 10.4. The molecule has 0 spiro atoms. The van der Waals surface area contributed by atoms with Gasteiger partial charge in [-0.2, -0.15) is 0 Å². The summed E-state index contributed by atoms with van der Waals surface area (Å²) in [6, 6.07) is 15.6. The number of nitrogens with zero attached hydrogens (tertiary/aromatic N) is 2. The van der Waals surface area contributed by atoms with Crippen molar-refractivity contribution in [1.29, 1.82) is 0 Å². The first kappa shape index (κ1) is 17.6. The minimum absolute atomic E-state index is 0.211. The van der Waals surface area contributed by atoms with Crippen LogP contribution in [0, 0.1) is 13.8 Å². The Bertz CT molecular complexity index is 856. The molecule has 5 nitrogen and oxygen atoms in total. The van der Waals surface area contributed by atoms with Gasteiger partial charge in [-0.1, -0.05) is 36.4 Å². The van der Waals surface area contributed by atoms with E-state index in [1.807, 2.05) is 56.3 Å². The van der Waals surface area contributed by atoms with Crippen LogP contribution in [0.4, 0.5) is 10.5 Å². The van der Waals surface area contributed by atoms with Gasteiger partial charge in [0.2, 0.25) is 0 Å². The zero-order chi connectivity index (χ0) is 18.4. The topological polar surface area (TPSA) is 66.9 Å². The summed E-state index contributed by atoms with van der Waals surface area (Å²) in [6.45, 7) is 4.54. The fourth-order valence-electron chi connectivity index (χ4n) is 2.76. The maximum Gasteiger partial charge on any atom is 0.319 e. The van der Waals surface area contributed by atoms with E-state index in [1.165, 1.54) is 0 Å². The van der Waals surface area contributed by atoms with E-state index < -0.39 is 0 Å². The molecule has 1 heterocycles. The van der Waals surface area contributed by atoms with Crippen molar-refractivity contribution in [2.45, 2.75) is 20.3 Å². The summed E-state index contributed by atoms with van der Waals surface area (Å²) in [7, 11) is 0. The molecule has 5 heteroatoms. The highest BCUT2D eigenvalue weighted by Crippen LogP contribution is 2.14. The predicted octanol–water partition coefficient (Wildman–Crippen LogP) is 4.12. The third kappa shape index (κ3) is 4.89. The summed E-state index contributed by atoms with van der Waals surface area (Å²) >= 11 is 0. The molecule has 0 atom stereocenters. The van der Waals surface area contributed by atoms with E-state index in [9.17, 15) is 4.79 Å². The summed E-state index contributed by atoms with van der Waals surface area (Å²) in [5, 5.41) is 5.72. The number of aryl methyl sites for hydroxylation is 2. The van der Waals surface area contributed by atoms with Crippen LogP contribution in [0.1, 0.15) is 16.7 Å². The Hall–Kier alpha value is -3.21. The monoisotopic (exact) mass is 346 g/mol. The number of hydrogen-bond acceptors (Lipinski definition) is 3. The summed E-state index contributed by atoms with van der Waals surface area (Å²) in [5.41, 5.74) is 5.02. The summed E-state index contributed by atoms with van der Waals surface area (Å²) in [5.74, 6) is 0.704. The van der Waals surface area contributed by atoms with E-state index in [0.717, 1.165) is 27.9 Å². The number of urea groups is 1. The Labute approximate surface area is 153 Å². The molecule has 0 unspecified atom stereocenters. The zero-order valence-corrected chi connectivity index (χ0v) is 15.0. The van der Waals surface area contributed by atoms with Crippen molar-refractivity contribution >= 4 is 11.7 Å². The molecule has 2 N–H and O–H groups in total. The molecular formula is C21H22N4O. The number of aromatic nitrogens is 2. The summed E-state index contributed by atoms with van der Waals surface area (Å²) in [6.07, 6.45) is 4.28. The van der Waals surface area contributed by atoms with E-state index in [0.29, 0.717) is 18.8 Å². The van der Waals surface area contributed by atoms with E-state index in [2.05, 4.69) is 26.7 Å². The van der Waals surface area contributed by atoms with Crippen molar-refractivity contribution in [3.05, 3.63) is 77.6 Å². The lowest BCUT2D eigenvalue weighted by Gasteiger charge is -2.09. The molecule has 0 saturated carbocycles. The first-order valence-electron chi connectivity index (χ1n) is 8.59. The minimum atomic E-state index is -0.211. The fourth-order valence-corrected chi connectivity index (χ4v) is 2.76. The molecule has 0 aliphatic heterocycles. The molecule has 0 saturated heterocycles. The Balaban J connectivity index is 1.49. The molecule has 0 aliphatic carbocycles. The Kier molecular flexibility index (Phi) is 5.59. The number of amides is 2.